The summed E-state index contributed by atoms with van der Waals surface area (Å²) in [5.41, 5.74) is 7.45. The Balaban J connectivity index is 1.88. The Labute approximate surface area is 116 Å². The molecule has 1 saturated carbocycles. The Kier molecular flexibility index (Phi) is 5.23. The Morgan fingerprint density at radius 2 is 2.00 bits per heavy atom. The Morgan fingerprint density at radius 1 is 1.21 bits per heavy atom. The molecule has 1 aliphatic carbocycles. The second-order valence-corrected chi connectivity index (χ2v) is 5.73. The fourth-order valence-electron chi connectivity index (χ4n) is 2.80. The van der Waals surface area contributed by atoms with Crippen LogP contribution in [-0.2, 0) is 6.42 Å². The minimum atomic E-state index is -0.508. The molecule has 0 saturated heterocycles. The minimum Gasteiger partial charge on any atom is -0.388 e. The summed E-state index contributed by atoms with van der Waals surface area (Å²) in [5.74, 6) is 0. The van der Waals surface area contributed by atoms with Crippen LogP contribution in [0.1, 0.15) is 44.1 Å². The van der Waals surface area contributed by atoms with Gasteiger partial charge in [-0.1, -0.05) is 31.4 Å². The summed E-state index contributed by atoms with van der Waals surface area (Å²) in [7, 11) is 0. The van der Waals surface area contributed by atoms with Gasteiger partial charge in [-0.25, -0.2) is 0 Å². The third-order valence-corrected chi connectivity index (χ3v) is 4.00. The average molecular weight is 262 g/mol. The van der Waals surface area contributed by atoms with Gasteiger partial charge in [-0.3, -0.25) is 0 Å². The lowest BCUT2D eigenvalue weighted by Crippen LogP contribution is -2.38. The molecule has 3 heteroatoms. The molecule has 1 aromatic carbocycles. The predicted octanol–water partition coefficient (Wildman–Crippen LogP) is 2.69. The topological polar surface area (TPSA) is 58.3 Å². The van der Waals surface area contributed by atoms with Crippen molar-refractivity contribution in [3.8, 4) is 0 Å². The van der Waals surface area contributed by atoms with E-state index in [2.05, 4.69) is 29.6 Å². The largest absolute Gasteiger partial charge is 0.388 e. The quantitative estimate of drug-likeness (QED) is 0.738. The number of nitrogens with two attached hydrogens (primary N) is 1. The summed E-state index contributed by atoms with van der Waals surface area (Å²) in [5, 5.41) is 13.9. The van der Waals surface area contributed by atoms with Gasteiger partial charge < -0.3 is 16.2 Å². The summed E-state index contributed by atoms with van der Waals surface area (Å²) in [6.45, 7) is 1.39. The van der Waals surface area contributed by atoms with Crippen molar-refractivity contribution in [2.45, 2.75) is 50.5 Å². The van der Waals surface area contributed by atoms with Gasteiger partial charge in [-0.15, -0.1) is 0 Å². The van der Waals surface area contributed by atoms with E-state index in [0.29, 0.717) is 6.54 Å². The molecule has 0 amide bonds. The number of hydrogen-bond donors (Lipinski definition) is 3. The lowest BCUT2D eigenvalue weighted by molar-refractivity contribution is 0.0167. The van der Waals surface area contributed by atoms with E-state index in [1.807, 2.05) is 0 Å². The van der Waals surface area contributed by atoms with Crippen LogP contribution in [0.3, 0.4) is 0 Å². The maximum atomic E-state index is 10.5. The molecule has 4 N–H and O–H groups in total. The SMILES string of the molecule is NCCCc1cccc(NCC2(O)CCCCC2)c1. The van der Waals surface area contributed by atoms with E-state index in [9.17, 15) is 5.11 Å². The summed E-state index contributed by atoms with van der Waals surface area (Å²) in [6.07, 6.45) is 7.45. The van der Waals surface area contributed by atoms with E-state index in [1.165, 1.54) is 12.0 Å². The first kappa shape index (κ1) is 14.4. The summed E-state index contributed by atoms with van der Waals surface area (Å²) in [4.78, 5) is 0. The fourth-order valence-corrected chi connectivity index (χ4v) is 2.80. The van der Waals surface area contributed by atoms with Crippen molar-refractivity contribution in [2.75, 3.05) is 18.4 Å². The molecule has 1 aromatic rings. The molecule has 0 bridgehead atoms. The molecule has 2 rings (SSSR count). The van der Waals surface area contributed by atoms with Crippen LogP contribution in [0.4, 0.5) is 5.69 Å². The lowest BCUT2D eigenvalue weighted by Gasteiger charge is -2.32. The molecule has 3 nitrogen and oxygen atoms in total. The van der Waals surface area contributed by atoms with Crippen LogP contribution in [0.25, 0.3) is 0 Å². The first-order valence-electron chi connectivity index (χ1n) is 7.47. The molecule has 1 aliphatic rings. The smallest absolute Gasteiger partial charge is 0.0819 e. The molecular weight excluding hydrogens is 236 g/mol. The molecule has 1 fully saturated rings. The van der Waals surface area contributed by atoms with E-state index in [4.69, 9.17) is 5.73 Å². The average Bonchev–Trinajstić information content (AvgIpc) is 2.44. The predicted molar refractivity (Wildman–Crippen MR) is 80.3 cm³/mol. The van der Waals surface area contributed by atoms with Gasteiger partial charge in [0.15, 0.2) is 0 Å². The van der Waals surface area contributed by atoms with E-state index in [0.717, 1.165) is 50.8 Å². The molecule has 0 aliphatic heterocycles. The zero-order valence-corrected chi connectivity index (χ0v) is 11.7. The van der Waals surface area contributed by atoms with Crippen molar-refractivity contribution >= 4 is 5.69 Å². The third-order valence-electron chi connectivity index (χ3n) is 4.00. The number of hydrogen-bond acceptors (Lipinski definition) is 3. The van der Waals surface area contributed by atoms with Crippen molar-refractivity contribution in [3.05, 3.63) is 29.8 Å². The highest BCUT2D eigenvalue weighted by molar-refractivity contribution is 5.46. The molecule has 0 heterocycles. The first-order valence-corrected chi connectivity index (χ1v) is 7.47. The standard InChI is InChI=1S/C16H26N2O/c17-11-5-7-14-6-4-8-15(12-14)18-13-16(19)9-2-1-3-10-16/h4,6,8,12,18-19H,1-3,5,7,9-11,13,17H2. The van der Waals surface area contributed by atoms with Crippen LogP contribution in [0.15, 0.2) is 24.3 Å². The second kappa shape index (κ2) is 6.92. The van der Waals surface area contributed by atoms with Gasteiger partial charge in [0.2, 0.25) is 0 Å². The molecule has 19 heavy (non-hydrogen) atoms. The molecule has 0 atom stereocenters. The van der Waals surface area contributed by atoms with Crippen LogP contribution in [0.5, 0.6) is 0 Å². The lowest BCUT2D eigenvalue weighted by atomic mass is 9.85. The molecule has 106 valence electrons. The van der Waals surface area contributed by atoms with Gasteiger partial charge in [-0.05, 0) is 49.9 Å². The first-order chi connectivity index (χ1) is 9.22. The molecule has 0 unspecified atom stereocenters. The Morgan fingerprint density at radius 3 is 2.74 bits per heavy atom. The Bertz CT molecular complexity index is 386. The van der Waals surface area contributed by atoms with Crippen molar-refractivity contribution < 1.29 is 5.11 Å². The van der Waals surface area contributed by atoms with Crippen molar-refractivity contribution in [1.29, 1.82) is 0 Å². The van der Waals surface area contributed by atoms with Gasteiger partial charge in [0, 0.05) is 12.2 Å². The van der Waals surface area contributed by atoms with Crippen molar-refractivity contribution in [3.63, 3.8) is 0 Å². The highest BCUT2D eigenvalue weighted by atomic mass is 16.3. The van der Waals surface area contributed by atoms with Crippen LogP contribution >= 0.6 is 0 Å². The fraction of sp³-hybridized carbons (Fsp3) is 0.625. The number of nitrogens with one attached hydrogen (secondary N) is 1. The summed E-state index contributed by atoms with van der Waals surface area (Å²) in [6, 6.07) is 8.44. The van der Waals surface area contributed by atoms with E-state index in [1.54, 1.807) is 0 Å². The minimum absolute atomic E-state index is 0.508. The zero-order chi connectivity index (χ0) is 13.6. The van der Waals surface area contributed by atoms with Crippen molar-refractivity contribution in [1.82, 2.24) is 0 Å². The third kappa shape index (κ3) is 4.51. The number of benzene rings is 1. The number of aryl methyl sites for hydroxylation is 1. The maximum absolute atomic E-state index is 10.5. The normalized spacial score (nSPS) is 18.2. The maximum Gasteiger partial charge on any atom is 0.0819 e. The van der Waals surface area contributed by atoms with Crippen LogP contribution < -0.4 is 11.1 Å². The van der Waals surface area contributed by atoms with Gasteiger partial charge >= 0.3 is 0 Å². The molecular formula is C16H26N2O. The van der Waals surface area contributed by atoms with E-state index >= 15 is 0 Å². The second-order valence-electron chi connectivity index (χ2n) is 5.73. The summed E-state index contributed by atoms with van der Waals surface area (Å²) >= 11 is 0. The zero-order valence-electron chi connectivity index (χ0n) is 11.7. The van der Waals surface area contributed by atoms with Crippen LogP contribution in [-0.4, -0.2) is 23.8 Å². The summed E-state index contributed by atoms with van der Waals surface area (Å²) < 4.78 is 0. The molecule has 0 radical (unpaired) electrons. The molecule has 0 aromatic heterocycles. The van der Waals surface area contributed by atoms with Gasteiger partial charge in [0.05, 0.1) is 5.60 Å². The van der Waals surface area contributed by atoms with Gasteiger partial charge in [0.25, 0.3) is 0 Å². The highest BCUT2D eigenvalue weighted by Gasteiger charge is 2.28. The monoisotopic (exact) mass is 262 g/mol. The Hall–Kier alpha value is -1.06. The van der Waals surface area contributed by atoms with Gasteiger partial charge in [0.1, 0.15) is 0 Å². The van der Waals surface area contributed by atoms with E-state index < -0.39 is 5.60 Å². The van der Waals surface area contributed by atoms with E-state index in [-0.39, 0.29) is 0 Å². The number of aliphatic hydroxyl groups is 1. The van der Waals surface area contributed by atoms with Crippen LogP contribution in [0, 0.1) is 0 Å². The van der Waals surface area contributed by atoms with Crippen LogP contribution in [0.2, 0.25) is 0 Å². The van der Waals surface area contributed by atoms with Gasteiger partial charge in [-0.2, -0.15) is 0 Å². The number of rotatable bonds is 6. The number of anilines is 1. The highest BCUT2D eigenvalue weighted by Crippen LogP contribution is 2.28. The van der Waals surface area contributed by atoms with Crippen molar-refractivity contribution in [2.24, 2.45) is 5.73 Å². The molecule has 0 spiro atoms.